The number of ether oxygens (including phenoxy) is 1. The average molecular weight is 461 g/mol. The third-order valence-electron chi connectivity index (χ3n) is 4.32. The van der Waals surface area contributed by atoms with Crippen LogP contribution >= 0.6 is 15.9 Å². The Balaban J connectivity index is 2.04. The zero-order valence-electron chi connectivity index (χ0n) is 17.3. The molecule has 0 spiro atoms. The van der Waals surface area contributed by atoms with Gasteiger partial charge in [-0.1, -0.05) is 20.8 Å². The topological polar surface area (TPSA) is 58.6 Å². The minimum atomic E-state index is -0.217. The predicted octanol–water partition coefficient (Wildman–Crippen LogP) is 5.75. The summed E-state index contributed by atoms with van der Waals surface area (Å²) >= 11 is 3.45. The van der Waals surface area contributed by atoms with Crippen molar-refractivity contribution in [2.75, 3.05) is 25.0 Å². The van der Waals surface area contributed by atoms with Crippen LogP contribution in [-0.4, -0.2) is 36.4 Å². The van der Waals surface area contributed by atoms with E-state index in [0.29, 0.717) is 23.4 Å². The van der Waals surface area contributed by atoms with Gasteiger partial charge in [-0.15, -0.1) is 0 Å². The fraction of sp³-hybridized carbons (Fsp3) is 0.391. The van der Waals surface area contributed by atoms with E-state index in [2.05, 4.69) is 35.1 Å². The zero-order valence-corrected chi connectivity index (χ0v) is 18.9. The van der Waals surface area contributed by atoms with Gasteiger partial charge in [-0.2, -0.15) is 0 Å². The molecule has 0 aromatic heterocycles. The SMILES string of the molecule is CCCOc1ccc(C(=O)Nc2ccc(C(=O)N(CCC)CCC)cc2)cc1Br. The minimum absolute atomic E-state index is 0.0261. The van der Waals surface area contributed by atoms with Crippen molar-refractivity contribution in [2.45, 2.75) is 40.0 Å². The Morgan fingerprint density at radius 2 is 1.55 bits per heavy atom. The number of halogens is 1. The number of hydrogen-bond donors (Lipinski definition) is 1. The van der Waals surface area contributed by atoms with Crippen molar-refractivity contribution in [1.29, 1.82) is 0 Å². The summed E-state index contributed by atoms with van der Waals surface area (Å²) in [4.78, 5) is 27.1. The molecule has 0 aliphatic rings. The Kier molecular flexibility index (Phi) is 9.19. The highest BCUT2D eigenvalue weighted by molar-refractivity contribution is 9.10. The van der Waals surface area contributed by atoms with Gasteiger partial charge in [0.05, 0.1) is 11.1 Å². The number of carbonyl (C=O) groups excluding carboxylic acids is 2. The van der Waals surface area contributed by atoms with Crippen molar-refractivity contribution < 1.29 is 14.3 Å². The zero-order chi connectivity index (χ0) is 21.2. The van der Waals surface area contributed by atoms with Crippen LogP contribution in [0.3, 0.4) is 0 Å². The average Bonchev–Trinajstić information content (AvgIpc) is 2.72. The number of benzene rings is 2. The molecule has 0 atom stereocenters. The lowest BCUT2D eigenvalue weighted by atomic mass is 10.1. The second kappa shape index (κ2) is 11.6. The van der Waals surface area contributed by atoms with Crippen LogP contribution in [0.4, 0.5) is 5.69 Å². The molecule has 1 N–H and O–H groups in total. The van der Waals surface area contributed by atoms with Crippen molar-refractivity contribution in [3.63, 3.8) is 0 Å². The summed E-state index contributed by atoms with van der Waals surface area (Å²) in [6, 6.07) is 12.3. The molecule has 0 unspecified atom stereocenters. The van der Waals surface area contributed by atoms with E-state index >= 15 is 0 Å². The van der Waals surface area contributed by atoms with Crippen LogP contribution in [0.5, 0.6) is 5.75 Å². The van der Waals surface area contributed by atoms with Gasteiger partial charge in [0.2, 0.25) is 0 Å². The molecule has 0 aliphatic carbocycles. The Morgan fingerprint density at radius 1 is 0.931 bits per heavy atom. The summed E-state index contributed by atoms with van der Waals surface area (Å²) in [6.07, 6.45) is 2.78. The van der Waals surface area contributed by atoms with Crippen LogP contribution in [0.15, 0.2) is 46.9 Å². The summed E-state index contributed by atoms with van der Waals surface area (Å²) in [7, 11) is 0. The molecule has 0 bridgehead atoms. The molecule has 2 amide bonds. The molecular formula is C23H29BrN2O3. The number of nitrogens with zero attached hydrogens (tertiary/aromatic N) is 1. The van der Waals surface area contributed by atoms with Crippen molar-refractivity contribution in [2.24, 2.45) is 0 Å². The molecule has 156 valence electrons. The summed E-state index contributed by atoms with van der Waals surface area (Å²) < 4.78 is 6.36. The normalized spacial score (nSPS) is 10.5. The first kappa shape index (κ1) is 22.9. The molecular weight excluding hydrogens is 432 g/mol. The number of rotatable bonds is 10. The fourth-order valence-electron chi connectivity index (χ4n) is 2.91. The van der Waals surface area contributed by atoms with Crippen molar-refractivity contribution in [3.05, 3.63) is 58.1 Å². The number of hydrogen-bond acceptors (Lipinski definition) is 3. The van der Waals surface area contributed by atoms with Crippen LogP contribution in [0, 0.1) is 0 Å². The largest absolute Gasteiger partial charge is 0.492 e. The number of amides is 2. The molecule has 29 heavy (non-hydrogen) atoms. The van der Waals surface area contributed by atoms with Gasteiger partial charge in [0.25, 0.3) is 11.8 Å². The van der Waals surface area contributed by atoms with Crippen LogP contribution in [0.25, 0.3) is 0 Å². The molecule has 0 saturated heterocycles. The van der Waals surface area contributed by atoms with Gasteiger partial charge in [0.1, 0.15) is 5.75 Å². The van der Waals surface area contributed by atoms with E-state index in [9.17, 15) is 9.59 Å². The van der Waals surface area contributed by atoms with E-state index in [-0.39, 0.29) is 11.8 Å². The van der Waals surface area contributed by atoms with Crippen molar-refractivity contribution in [1.82, 2.24) is 4.90 Å². The Hall–Kier alpha value is -2.34. The number of carbonyl (C=O) groups is 2. The Labute approximate surface area is 181 Å². The third-order valence-corrected chi connectivity index (χ3v) is 4.94. The highest BCUT2D eigenvalue weighted by Gasteiger charge is 2.15. The monoisotopic (exact) mass is 460 g/mol. The first-order chi connectivity index (χ1) is 14.0. The fourth-order valence-corrected chi connectivity index (χ4v) is 3.40. The van der Waals surface area contributed by atoms with Crippen LogP contribution < -0.4 is 10.1 Å². The maximum atomic E-state index is 12.6. The second-order valence-corrected chi connectivity index (χ2v) is 7.67. The molecule has 2 rings (SSSR count). The molecule has 0 aliphatic heterocycles. The standard InChI is InChI=1S/C23H29BrN2O3/c1-4-13-26(14-5-2)23(28)17-7-10-19(11-8-17)25-22(27)18-9-12-21(20(24)16-18)29-15-6-3/h7-12,16H,4-6,13-15H2,1-3H3,(H,25,27). The van der Waals surface area contributed by atoms with Gasteiger partial charge in [0, 0.05) is 29.9 Å². The Bertz CT molecular complexity index is 815. The van der Waals surface area contributed by atoms with Crippen molar-refractivity contribution in [3.8, 4) is 5.75 Å². The highest BCUT2D eigenvalue weighted by Crippen LogP contribution is 2.26. The van der Waals surface area contributed by atoms with E-state index in [1.165, 1.54) is 0 Å². The maximum Gasteiger partial charge on any atom is 0.255 e. The molecule has 6 heteroatoms. The summed E-state index contributed by atoms with van der Waals surface area (Å²) in [6.45, 7) is 8.30. The first-order valence-corrected chi connectivity index (χ1v) is 10.9. The van der Waals surface area contributed by atoms with Crippen LogP contribution in [0.2, 0.25) is 0 Å². The summed E-state index contributed by atoms with van der Waals surface area (Å²) in [5, 5.41) is 2.87. The van der Waals surface area contributed by atoms with Gasteiger partial charge in [0.15, 0.2) is 0 Å². The van der Waals surface area contributed by atoms with E-state index in [4.69, 9.17) is 4.74 Å². The smallest absolute Gasteiger partial charge is 0.255 e. The number of nitrogens with one attached hydrogen (secondary N) is 1. The van der Waals surface area contributed by atoms with Crippen LogP contribution in [-0.2, 0) is 0 Å². The molecule has 0 heterocycles. The second-order valence-electron chi connectivity index (χ2n) is 6.82. The lowest BCUT2D eigenvalue weighted by Gasteiger charge is -2.21. The molecule has 0 fully saturated rings. The Morgan fingerprint density at radius 3 is 2.10 bits per heavy atom. The van der Waals surface area contributed by atoms with E-state index in [0.717, 1.165) is 42.6 Å². The third kappa shape index (κ3) is 6.60. The van der Waals surface area contributed by atoms with Crippen LogP contribution in [0.1, 0.15) is 60.7 Å². The quantitative estimate of drug-likeness (QED) is 0.490. The number of anilines is 1. The van der Waals surface area contributed by atoms with Gasteiger partial charge < -0.3 is 15.0 Å². The van der Waals surface area contributed by atoms with E-state index < -0.39 is 0 Å². The first-order valence-electron chi connectivity index (χ1n) is 10.1. The molecule has 0 radical (unpaired) electrons. The maximum absolute atomic E-state index is 12.6. The van der Waals surface area contributed by atoms with Gasteiger partial charge in [-0.3, -0.25) is 9.59 Å². The summed E-state index contributed by atoms with van der Waals surface area (Å²) in [5.74, 6) is 0.526. The molecule has 0 saturated carbocycles. The van der Waals surface area contributed by atoms with Gasteiger partial charge in [-0.05, 0) is 77.7 Å². The molecule has 2 aromatic rings. The van der Waals surface area contributed by atoms with Gasteiger partial charge >= 0.3 is 0 Å². The highest BCUT2D eigenvalue weighted by atomic mass is 79.9. The van der Waals surface area contributed by atoms with Gasteiger partial charge in [-0.25, -0.2) is 0 Å². The van der Waals surface area contributed by atoms with E-state index in [1.54, 1.807) is 42.5 Å². The minimum Gasteiger partial charge on any atom is -0.492 e. The van der Waals surface area contributed by atoms with Crippen molar-refractivity contribution >= 4 is 33.4 Å². The molecule has 2 aromatic carbocycles. The van der Waals surface area contributed by atoms with E-state index in [1.807, 2.05) is 11.8 Å². The summed E-state index contributed by atoms with van der Waals surface area (Å²) in [5.41, 5.74) is 1.80. The lowest BCUT2D eigenvalue weighted by Crippen LogP contribution is -2.32. The predicted molar refractivity (Wildman–Crippen MR) is 121 cm³/mol. The lowest BCUT2D eigenvalue weighted by molar-refractivity contribution is 0.0755. The molecule has 5 nitrogen and oxygen atoms in total.